The number of aryl methyl sites for hydroxylation is 1. The van der Waals surface area contributed by atoms with Crippen molar-refractivity contribution in [2.24, 2.45) is 5.92 Å². The molecule has 1 aromatic rings. The minimum absolute atomic E-state index is 0.0972. The number of carbonyl (C=O) groups is 1. The van der Waals surface area contributed by atoms with Crippen molar-refractivity contribution in [2.75, 3.05) is 0 Å². The summed E-state index contributed by atoms with van der Waals surface area (Å²) in [5.74, 6) is 0.0173. The summed E-state index contributed by atoms with van der Waals surface area (Å²) in [4.78, 5) is 12.3. The Hall–Kier alpha value is -1.62. The van der Waals surface area contributed by atoms with Gasteiger partial charge in [0, 0.05) is 6.42 Å². The van der Waals surface area contributed by atoms with Gasteiger partial charge in [0.25, 0.3) is 0 Å². The van der Waals surface area contributed by atoms with Gasteiger partial charge in [-0.2, -0.15) is 5.26 Å². The second kappa shape index (κ2) is 6.52. The van der Waals surface area contributed by atoms with Crippen LogP contribution in [0.5, 0.6) is 0 Å². The number of nitriles is 1. The summed E-state index contributed by atoms with van der Waals surface area (Å²) in [6.45, 7) is 1.99. The molecular weight excluding hydrogens is 234 g/mol. The number of hydrogen-bond acceptors (Lipinski definition) is 2. The summed E-state index contributed by atoms with van der Waals surface area (Å²) in [5, 5.41) is 9.30. The molecule has 2 heteroatoms. The van der Waals surface area contributed by atoms with Crippen molar-refractivity contribution in [1.29, 1.82) is 5.26 Å². The standard InChI is InChI=1S/C17H21NO/c1-13-6-5-9-15(10-13)16(12-18)17(19)11-14-7-3-2-4-8-14/h5-6,9-10,14,16H,2-4,7-8,11H2,1H3. The lowest BCUT2D eigenvalue weighted by Crippen LogP contribution is -2.17. The second-order valence-electron chi connectivity index (χ2n) is 5.65. The van der Waals surface area contributed by atoms with Crippen molar-refractivity contribution in [1.82, 2.24) is 0 Å². The first kappa shape index (κ1) is 13.8. The van der Waals surface area contributed by atoms with E-state index in [4.69, 9.17) is 0 Å². The molecule has 1 aliphatic carbocycles. The van der Waals surface area contributed by atoms with Gasteiger partial charge in [0.2, 0.25) is 0 Å². The quantitative estimate of drug-likeness (QED) is 0.811. The van der Waals surface area contributed by atoms with Crippen molar-refractivity contribution in [2.45, 2.75) is 51.4 Å². The zero-order chi connectivity index (χ0) is 13.7. The number of rotatable bonds is 4. The zero-order valence-electron chi connectivity index (χ0n) is 11.6. The fraction of sp³-hybridized carbons (Fsp3) is 0.529. The largest absolute Gasteiger partial charge is 0.298 e. The minimum atomic E-state index is -0.582. The summed E-state index contributed by atoms with van der Waals surface area (Å²) in [6.07, 6.45) is 6.64. The molecule has 1 fully saturated rings. The maximum Gasteiger partial charge on any atom is 0.154 e. The van der Waals surface area contributed by atoms with Gasteiger partial charge < -0.3 is 0 Å². The van der Waals surface area contributed by atoms with Crippen LogP contribution in [0.2, 0.25) is 0 Å². The number of nitrogens with zero attached hydrogens (tertiary/aromatic N) is 1. The molecule has 2 nitrogen and oxygen atoms in total. The summed E-state index contributed by atoms with van der Waals surface area (Å²) < 4.78 is 0. The Morgan fingerprint density at radius 3 is 2.74 bits per heavy atom. The Morgan fingerprint density at radius 1 is 1.37 bits per heavy atom. The highest BCUT2D eigenvalue weighted by Crippen LogP contribution is 2.29. The molecule has 0 aliphatic heterocycles. The van der Waals surface area contributed by atoms with E-state index in [2.05, 4.69) is 6.07 Å². The Bertz CT molecular complexity index is 480. The molecule has 0 spiro atoms. The number of ketones is 1. The van der Waals surface area contributed by atoms with Crippen LogP contribution in [0.4, 0.5) is 0 Å². The lowest BCUT2D eigenvalue weighted by Gasteiger charge is -2.21. The van der Waals surface area contributed by atoms with Gasteiger partial charge >= 0.3 is 0 Å². The molecule has 1 aliphatic rings. The molecule has 2 rings (SSSR count). The number of hydrogen-bond donors (Lipinski definition) is 0. The highest BCUT2D eigenvalue weighted by atomic mass is 16.1. The van der Waals surface area contributed by atoms with Crippen molar-refractivity contribution in [3.8, 4) is 6.07 Å². The summed E-state index contributed by atoms with van der Waals surface area (Å²) in [5.41, 5.74) is 1.95. The van der Waals surface area contributed by atoms with Gasteiger partial charge in [-0.1, -0.05) is 61.9 Å². The van der Waals surface area contributed by atoms with Crippen molar-refractivity contribution in [3.05, 3.63) is 35.4 Å². The maximum absolute atomic E-state index is 12.3. The molecule has 1 aromatic carbocycles. The fourth-order valence-corrected chi connectivity index (χ4v) is 2.98. The van der Waals surface area contributed by atoms with Crippen LogP contribution in [0.3, 0.4) is 0 Å². The number of Topliss-reactive ketones (excluding diaryl/α,β-unsaturated/α-hetero) is 1. The van der Waals surface area contributed by atoms with E-state index in [0.717, 1.165) is 24.0 Å². The van der Waals surface area contributed by atoms with E-state index in [-0.39, 0.29) is 5.78 Å². The number of carbonyl (C=O) groups excluding carboxylic acids is 1. The van der Waals surface area contributed by atoms with E-state index in [1.54, 1.807) is 0 Å². The molecule has 0 aromatic heterocycles. The van der Waals surface area contributed by atoms with Crippen LogP contribution in [-0.4, -0.2) is 5.78 Å². The molecular formula is C17H21NO. The smallest absolute Gasteiger partial charge is 0.154 e. The Morgan fingerprint density at radius 2 is 2.11 bits per heavy atom. The van der Waals surface area contributed by atoms with Crippen LogP contribution in [0, 0.1) is 24.2 Å². The predicted molar refractivity (Wildman–Crippen MR) is 75.7 cm³/mol. The maximum atomic E-state index is 12.3. The van der Waals surface area contributed by atoms with E-state index in [1.165, 1.54) is 19.3 Å². The van der Waals surface area contributed by atoms with Crippen LogP contribution < -0.4 is 0 Å². The van der Waals surface area contributed by atoms with Crippen molar-refractivity contribution in [3.63, 3.8) is 0 Å². The SMILES string of the molecule is Cc1cccc(C(C#N)C(=O)CC2CCCCC2)c1. The Kier molecular flexibility index (Phi) is 4.74. The first-order valence-electron chi connectivity index (χ1n) is 7.19. The minimum Gasteiger partial charge on any atom is -0.298 e. The molecule has 0 radical (unpaired) electrons. The van der Waals surface area contributed by atoms with Crippen LogP contribution in [0.1, 0.15) is 55.6 Å². The van der Waals surface area contributed by atoms with Crippen molar-refractivity contribution < 1.29 is 4.79 Å². The zero-order valence-corrected chi connectivity index (χ0v) is 11.6. The highest BCUT2D eigenvalue weighted by molar-refractivity contribution is 5.88. The number of benzene rings is 1. The summed E-state index contributed by atoms with van der Waals surface area (Å²) in [6, 6.07) is 9.93. The van der Waals surface area contributed by atoms with E-state index in [0.29, 0.717) is 12.3 Å². The van der Waals surface area contributed by atoms with Crippen molar-refractivity contribution >= 4 is 5.78 Å². The topological polar surface area (TPSA) is 40.9 Å². The second-order valence-corrected chi connectivity index (χ2v) is 5.65. The molecule has 100 valence electrons. The van der Waals surface area contributed by atoms with Gasteiger partial charge in [-0.3, -0.25) is 4.79 Å². The van der Waals surface area contributed by atoms with Gasteiger partial charge in [0.15, 0.2) is 5.78 Å². The van der Waals surface area contributed by atoms with E-state index >= 15 is 0 Å². The first-order chi connectivity index (χ1) is 9.20. The molecule has 1 saturated carbocycles. The summed E-state index contributed by atoms with van der Waals surface area (Å²) in [7, 11) is 0. The van der Waals surface area contributed by atoms with E-state index < -0.39 is 5.92 Å². The van der Waals surface area contributed by atoms with Crippen LogP contribution in [0.25, 0.3) is 0 Å². The van der Waals surface area contributed by atoms with Gasteiger partial charge in [0.05, 0.1) is 6.07 Å². The highest BCUT2D eigenvalue weighted by Gasteiger charge is 2.24. The van der Waals surface area contributed by atoms with E-state index in [9.17, 15) is 10.1 Å². The lowest BCUT2D eigenvalue weighted by molar-refractivity contribution is -0.120. The molecule has 0 heterocycles. The fourth-order valence-electron chi connectivity index (χ4n) is 2.98. The molecule has 1 atom stereocenters. The van der Waals surface area contributed by atoms with Crippen LogP contribution in [-0.2, 0) is 4.79 Å². The van der Waals surface area contributed by atoms with Gasteiger partial charge in [-0.05, 0) is 18.4 Å². The third-order valence-corrected chi connectivity index (χ3v) is 4.04. The normalized spacial score (nSPS) is 17.7. The molecule has 1 unspecified atom stereocenters. The lowest BCUT2D eigenvalue weighted by atomic mass is 9.82. The third kappa shape index (κ3) is 3.67. The molecule has 0 N–H and O–H groups in total. The monoisotopic (exact) mass is 255 g/mol. The Balaban J connectivity index is 2.05. The van der Waals surface area contributed by atoms with Gasteiger partial charge in [0.1, 0.15) is 5.92 Å². The van der Waals surface area contributed by atoms with Crippen LogP contribution >= 0.6 is 0 Å². The molecule has 19 heavy (non-hydrogen) atoms. The van der Waals surface area contributed by atoms with Gasteiger partial charge in [-0.15, -0.1) is 0 Å². The van der Waals surface area contributed by atoms with Gasteiger partial charge in [-0.25, -0.2) is 0 Å². The molecule has 0 saturated heterocycles. The Labute approximate surface area is 115 Å². The first-order valence-corrected chi connectivity index (χ1v) is 7.19. The summed E-state index contributed by atoms with van der Waals surface area (Å²) >= 11 is 0. The average Bonchev–Trinajstić information content (AvgIpc) is 2.41. The predicted octanol–water partition coefficient (Wildman–Crippen LogP) is 4.14. The van der Waals surface area contributed by atoms with E-state index in [1.807, 2.05) is 31.2 Å². The van der Waals surface area contributed by atoms with Crippen LogP contribution in [0.15, 0.2) is 24.3 Å². The third-order valence-electron chi connectivity index (χ3n) is 4.04. The average molecular weight is 255 g/mol. The molecule has 0 amide bonds. The molecule has 0 bridgehead atoms.